The summed E-state index contributed by atoms with van der Waals surface area (Å²) in [5.74, 6) is 0. The lowest BCUT2D eigenvalue weighted by atomic mass is 10.2. The minimum absolute atomic E-state index is 0.142. The third-order valence-corrected chi connectivity index (χ3v) is 6.60. The molecule has 0 aliphatic heterocycles. The van der Waals surface area contributed by atoms with E-state index < -0.39 is 24.6 Å². The zero-order chi connectivity index (χ0) is 16.3. The van der Waals surface area contributed by atoms with E-state index in [9.17, 15) is 16.8 Å². The average Bonchev–Trinajstić information content (AvgIpc) is 2.36. The van der Waals surface area contributed by atoms with E-state index >= 15 is 0 Å². The third-order valence-electron chi connectivity index (χ3n) is 3.08. The van der Waals surface area contributed by atoms with E-state index in [0.717, 1.165) is 6.26 Å². The Balaban J connectivity index is 3.04. The minimum Gasteiger partial charge on any atom is -0.383 e. The number of pyridine rings is 1. The summed E-state index contributed by atoms with van der Waals surface area (Å²) in [6.07, 6.45) is 2.45. The lowest BCUT2D eigenvalue weighted by Gasteiger charge is -2.22. The maximum atomic E-state index is 12.3. The van der Waals surface area contributed by atoms with Crippen molar-refractivity contribution in [2.24, 2.45) is 0 Å². The van der Waals surface area contributed by atoms with Crippen LogP contribution in [0.1, 0.15) is 20.8 Å². The molecule has 9 heteroatoms. The summed E-state index contributed by atoms with van der Waals surface area (Å²) in [6, 6.07) is 3.23. The van der Waals surface area contributed by atoms with Crippen molar-refractivity contribution in [3.05, 3.63) is 18.3 Å². The van der Waals surface area contributed by atoms with E-state index in [4.69, 9.17) is 0 Å². The second-order valence-electron chi connectivity index (χ2n) is 5.24. The molecule has 0 bridgehead atoms. The Morgan fingerprint density at radius 1 is 1.24 bits per heavy atom. The number of aromatic nitrogens is 1. The highest BCUT2D eigenvalue weighted by Gasteiger charge is 2.32. The smallest absolute Gasteiger partial charge is 0.260 e. The fourth-order valence-electron chi connectivity index (χ4n) is 1.40. The second kappa shape index (κ2) is 6.29. The Kier molecular flexibility index (Phi) is 5.35. The van der Waals surface area contributed by atoms with Gasteiger partial charge in [0, 0.05) is 25.5 Å². The molecule has 1 rings (SSSR count). The zero-order valence-electron chi connectivity index (χ0n) is 12.5. The number of nitrogens with zero attached hydrogens (tertiary/aromatic N) is 1. The van der Waals surface area contributed by atoms with E-state index in [-0.39, 0.29) is 11.6 Å². The Morgan fingerprint density at radius 3 is 2.38 bits per heavy atom. The topological polar surface area (TPSA) is 105 Å². The summed E-state index contributed by atoms with van der Waals surface area (Å²) in [5.41, 5.74) is 0.379. The first-order valence-corrected chi connectivity index (χ1v) is 9.77. The average molecular weight is 335 g/mol. The predicted octanol–water partition coefficient (Wildman–Crippen LogP) is 0.615. The van der Waals surface area contributed by atoms with Crippen LogP contribution in [-0.4, -0.2) is 45.9 Å². The van der Waals surface area contributed by atoms with Gasteiger partial charge in [-0.25, -0.2) is 26.5 Å². The number of sulfonamides is 1. The maximum absolute atomic E-state index is 12.3. The number of rotatable bonds is 7. The standard InChI is InChI=1S/C12H21N3O4S2/c1-5-13-10-7-6-8-14-11(10)21(18,19)15-9-12(2,3)20(4,16)17/h6-8,13,15H,5,9H2,1-4H3. The molecule has 0 aromatic carbocycles. The van der Waals surface area contributed by atoms with Crippen molar-refractivity contribution < 1.29 is 16.8 Å². The Morgan fingerprint density at radius 2 is 1.86 bits per heavy atom. The van der Waals surface area contributed by atoms with Crippen LogP contribution >= 0.6 is 0 Å². The highest BCUT2D eigenvalue weighted by atomic mass is 32.2. The molecule has 0 atom stereocenters. The van der Waals surface area contributed by atoms with E-state index in [0.29, 0.717) is 12.2 Å². The normalized spacial score (nSPS) is 13.1. The Labute approximate surface area is 126 Å². The molecular formula is C12H21N3O4S2. The molecular weight excluding hydrogens is 314 g/mol. The third kappa shape index (κ3) is 4.39. The number of sulfone groups is 1. The van der Waals surface area contributed by atoms with Gasteiger partial charge < -0.3 is 5.32 Å². The summed E-state index contributed by atoms with van der Waals surface area (Å²) in [4.78, 5) is 3.87. The van der Waals surface area contributed by atoms with E-state index in [1.807, 2.05) is 6.92 Å². The van der Waals surface area contributed by atoms with Crippen LogP contribution in [0, 0.1) is 0 Å². The molecule has 0 aliphatic rings. The lowest BCUT2D eigenvalue weighted by molar-refractivity contribution is 0.536. The molecule has 0 fully saturated rings. The van der Waals surface area contributed by atoms with Crippen LogP contribution in [0.4, 0.5) is 5.69 Å². The minimum atomic E-state index is -3.89. The van der Waals surface area contributed by atoms with Gasteiger partial charge in [-0.15, -0.1) is 0 Å². The molecule has 0 saturated carbocycles. The van der Waals surface area contributed by atoms with Gasteiger partial charge in [-0.2, -0.15) is 0 Å². The van der Waals surface area contributed by atoms with Crippen molar-refractivity contribution in [3.63, 3.8) is 0 Å². The van der Waals surface area contributed by atoms with Crippen molar-refractivity contribution in [3.8, 4) is 0 Å². The first-order chi connectivity index (χ1) is 9.51. The second-order valence-corrected chi connectivity index (χ2v) is 9.57. The fraction of sp³-hybridized carbons (Fsp3) is 0.583. The quantitative estimate of drug-likeness (QED) is 0.756. The Bertz CT molecular complexity index is 697. The number of hydrogen-bond acceptors (Lipinski definition) is 6. The van der Waals surface area contributed by atoms with E-state index in [1.54, 1.807) is 12.1 Å². The van der Waals surface area contributed by atoms with E-state index in [2.05, 4.69) is 15.0 Å². The summed E-state index contributed by atoms with van der Waals surface area (Å²) in [7, 11) is -7.28. The number of anilines is 1. The van der Waals surface area contributed by atoms with Gasteiger partial charge in [0.1, 0.15) is 0 Å². The molecule has 21 heavy (non-hydrogen) atoms. The molecule has 7 nitrogen and oxygen atoms in total. The van der Waals surface area contributed by atoms with Crippen LogP contribution in [0.15, 0.2) is 23.4 Å². The highest BCUT2D eigenvalue weighted by molar-refractivity contribution is 7.92. The van der Waals surface area contributed by atoms with Crippen LogP contribution in [0.3, 0.4) is 0 Å². The fourth-order valence-corrected chi connectivity index (χ4v) is 3.14. The molecule has 0 aliphatic carbocycles. The van der Waals surface area contributed by atoms with Crippen LogP contribution in [0.25, 0.3) is 0 Å². The number of nitrogens with one attached hydrogen (secondary N) is 2. The molecule has 2 N–H and O–H groups in total. The summed E-state index contributed by atoms with van der Waals surface area (Å²) < 4.78 is 48.9. The first-order valence-electron chi connectivity index (χ1n) is 6.39. The monoisotopic (exact) mass is 335 g/mol. The van der Waals surface area contributed by atoms with Gasteiger partial charge in [-0.3, -0.25) is 0 Å². The zero-order valence-corrected chi connectivity index (χ0v) is 14.2. The molecule has 0 radical (unpaired) electrons. The summed E-state index contributed by atoms with van der Waals surface area (Å²) in [5, 5.41) is 2.77. The highest BCUT2D eigenvalue weighted by Crippen LogP contribution is 2.19. The van der Waals surface area contributed by atoms with Crippen LogP contribution in [0.2, 0.25) is 0 Å². The maximum Gasteiger partial charge on any atom is 0.260 e. The SMILES string of the molecule is CCNc1cccnc1S(=O)(=O)NCC(C)(C)S(C)(=O)=O. The van der Waals surface area contributed by atoms with Gasteiger partial charge in [0.15, 0.2) is 14.9 Å². The van der Waals surface area contributed by atoms with Crippen molar-refractivity contribution >= 4 is 25.5 Å². The molecule has 1 aromatic heterocycles. The van der Waals surface area contributed by atoms with Gasteiger partial charge in [0.05, 0.1) is 10.4 Å². The van der Waals surface area contributed by atoms with Crippen LogP contribution in [-0.2, 0) is 19.9 Å². The first kappa shape index (κ1) is 17.9. The van der Waals surface area contributed by atoms with Crippen LogP contribution in [0.5, 0.6) is 0 Å². The molecule has 120 valence electrons. The number of hydrogen-bond donors (Lipinski definition) is 2. The molecule has 0 unspecified atom stereocenters. The molecule has 0 amide bonds. The lowest BCUT2D eigenvalue weighted by Crippen LogP contribution is -2.43. The van der Waals surface area contributed by atoms with Crippen molar-refractivity contribution in [2.75, 3.05) is 24.7 Å². The summed E-state index contributed by atoms with van der Waals surface area (Å²) >= 11 is 0. The molecule has 1 aromatic rings. The predicted molar refractivity (Wildman–Crippen MR) is 82.5 cm³/mol. The molecule has 1 heterocycles. The van der Waals surface area contributed by atoms with Crippen molar-refractivity contribution in [2.45, 2.75) is 30.5 Å². The summed E-state index contributed by atoms with van der Waals surface area (Å²) in [6.45, 7) is 5.09. The van der Waals surface area contributed by atoms with Crippen molar-refractivity contribution in [1.82, 2.24) is 9.71 Å². The van der Waals surface area contributed by atoms with Gasteiger partial charge in [0.2, 0.25) is 0 Å². The Hall–Kier alpha value is -1.19. The molecule has 0 spiro atoms. The van der Waals surface area contributed by atoms with Gasteiger partial charge in [0.25, 0.3) is 10.0 Å². The van der Waals surface area contributed by atoms with Gasteiger partial charge >= 0.3 is 0 Å². The van der Waals surface area contributed by atoms with Gasteiger partial charge in [-0.1, -0.05) is 0 Å². The van der Waals surface area contributed by atoms with Crippen LogP contribution < -0.4 is 10.0 Å². The van der Waals surface area contributed by atoms with E-state index in [1.165, 1.54) is 20.0 Å². The molecule has 0 saturated heterocycles. The van der Waals surface area contributed by atoms with Crippen molar-refractivity contribution in [1.29, 1.82) is 0 Å². The largest absolute Gasteiger partial charge is 0.383 e. The van der Waals surface area contributed by atoms with Gasteiger partial charge in [-0.05, 0) is 32.9 Å².